The predicted octanol–water partition coefficient (Wildman–Crippen LogP) is 6.78. The molecule has 0 bridgehead atoms. The number of carbonyl (C=O) groups is 1. The number of nitro benzene ring substituents is 1. The maximum Gasteiger partial charge on any atom is 0.270 e. The molecule has 0 spiro atoms. The first kappa shape index (κ1) is 25.6. The Bertz CT molecular complexity index is 1610. The number of nitrogens with one attached hydrogen (secondary N) is 1. The molecule has 7 heteroatoms. The Morgan fingerprint density at radius 2 is 1.56 bits per heavy atom. The molecule has 1 heterocycles. The summed E-state index contributed by atoms with van der Waals surface area (Å²) in [5.74, 6) is -0.263. The quantitative estimate of drug-likeness (QED) is 0.182. The molecule has 1 N–H and O–H groups in total. The molecule has 0 radical (unpaired) electrons. The van der Waals surface area contributed by atoms with Crippen molar-refractivity contribution in [2.24, 2.45) is 0 Å². The minimum Gasteiger partial charge on any atom is -0.344 e. The highest BCUT2D eigenvalue weighted by molar-refractivity contribution is 5.94. The fourth-order valence-corrected chi connectivity index (χ4v) is 4.68. The normalized spacial score (nSPS) is 11.6. The molecule has 39 heavy (non-hydrogen) atoms. The van der Waals surface area contributed by atoms with Crippen molar-refractivity contribution < 1.29 is 9.72 Å². The van der Waals surface area contributed by atoms with E-state index < -0.39 is 4.92 Å². The van der Waals surface area contributed by atoms with Gasteiger partial charge in [0.25, 0.3) is 11.6 Å². The Morgan fingerprint density at radius 1 is 0.897 bits per heavy atom. The van der Waals surface area contributed by atoms with E-state index in [2.05, 4.69) is 17.4 Å². The van der Waals surface area contributed by atoms with Crippen LogP contribution in [0, 0.1) is 24.0 Å². The van der Waals surface area contributed by atoms with Crippen LogP contribution in [-0.4, -0.2) is 20.6 Å². The highest BCUT2D eigenvalue weighted by Crippen LogP contribution is 2.27. The minimum absolute atomic E-state index is 0.00265. The first-order valence-electron chi connectivity index (χ1n) is 12.7. The third kappa shape index (κ3) is 5.78. The van der Waals surface area contributed by atoms with Crippen molar-refractivity contribution in [1.82, 2.24) is 15.1 Å². The number of aromatic nitrogens is 2. The maximum atomic E-state index is 13.9. The second kappa shape index (κ2) is 11.1. The number of amides is 1. The van der Waals surface area contributed by atoms with Gasteiger partial charge < -0.3 is 5.32 Å². The number of benzene rings is 4. The zero-order valence-electron chi connectivity index (χ0n) is 21.7. The van der Waals surface area contributed by atoms with Crippen LogP contribution >= 0.6 is 0 Å². The number of carbonyl (C=O) groups excluding carboxylic acids is 1. The monoisotopic (exact) mass is 516 g/mol. The van der Waals surface area contributed by atoms with Crippen LogP contribution in [0.5, 0.6) is 0 Å². The Labute approximate surface area is 226 Å². The van der Waals surface area contributed by atoms with Crippen LogP contribution in [0.15, 0.2) is 109 Å². The lowest BCUT2D eigenvalue weighted by Crippen LogP contribution is -2.31. The lowest BCUT2D eigenvalue weighted by molar-refractivity contribution is -0.384. The largest absolute Gasteiger partial charge is 0.344 e. The molecule has 0 aliphatic rings. The van der Waals surface area contributed by atoms with Crippen molar-refractivity contribution in [1.29, 1.82) is 0 Å². The summed E-state index contributed by atoms with van der Waals surface area (Å²) < 4.78 is 1.66. The number of hydrogen-bond donors (Lipinski definition) is 1. The van der Waals surface area contributed by atoms with E-state index in [0.29, 0.717) is 23.4 Å². The molecule has 5 rings (SSSR count). The van der Waals surface area contributed by atoms with Gasteiger partial charge in [-0.3, -0.25) is 14.9 Å². The highest BCUT2D eigenvalue weighted by Gasteiger charge is 2.23. The van der Waals surface area contributed by atoms with E-state index in [1.54, 1.807) is 22.9 Å². The Balaban J connectivity index is 1.55. The first-order valence-corrected chi connectivity index (χ1v) is 12.7. The molecule has 4 aromatic carbocycles. The summed E-state index contributed by atoms with van der Waals surface area (Å²) in [4.78, 5) is 24.6. The SMILES string of the molecule is Cc1ccc(-n2nc(-c3ccc([N+](=O)[O-])cc3)cc2C(=O)NC(Cc2ccccc2)c2ccccc2)c(C)c1. The van der Waals surface area contributed by atoms with Crippen LogP contribution in [0.1, 0.15) is 38.8 Å². The van der Waals surface area contributed by atoms with E-state index in [0.717, 1.165) is 27.9 Å². The van der Waals surface area contributed by atoms with Crippen LogP contribution in [-0.2, 0) is 6.42 Å². The second-order valence-electron chi connectivity index (χ2n) is 9.55. The van der Waals surface area contributed by atoms with Gasteiger partial charge in [-0.1, -0.05) is 78.4 Å². The van der Waals surface area contributed by atoms with Gasteiger partial charge in [0.05, 0.1) is 22.3 Å². The molecule has 0 aliphatic heterocycles. The van der Waals surface area contributed by atoms with Crippen LogP contribution < -0.4 is 5.32 Å². The van der Waals surface area contributed by atoms with E-state index in [1.807, 2.05) is 80.6 Å². The highest BCUT2D eigenvalue weighted by atomic mass is 16.6. The molecule has 1 amide bonds. The molecular formula is C32H28N4O3. The van der Waals surface area contributed by atoms with Crippen LogP contribution in [0.2, 0.25) is 0 Å². The third-order valence-corrected chi connectivity index (χ3v) is 6.69. The van der Waals surface area contributed by atoms with Crippen LogP contribution in [0.4, 0.5) is 5.69 Å². The minimum atomic E-state index is -0.437. The third-order valence-electron chi connectivity index (χ3n) is 6.69. The van der Waals surface area contributed by atoms with Gasteiger partial charge in [0, 0.05) is 17.7 Å². The number of nitro groups is 1. The van der Waals surface area contributed by atoms with Gasteiger partial charge >= 0.3 is 0 Å². The van der Waals surface area contributed by atoms with Crippen molar-refractivity contribution in [2.75, 3.05) is 0 Å². The average Bonchev–Trinajstić information content (AvgIpc) is 3.39. The molecule has 7 nitrogen and oxygen atoms in total. The molecule has 1 unspecified atom stereocenters. The van der Waals surface area contributed by atoms with Crippen molar-refractivity contribution in [2.45, 2.75) is 26.3 Å². The fourth-order valence-electron chi connectivity index (χ4n) is 4.68. The molecule has 0 fully saturated rings. The molecular weight excluding hydrogens is 488 g/mol. The zero-order valence-corrected chi connectivity index (χ0v) is 21.7. The van der Waals surface area contributed by atoms with E-state index in [4.69, 9.17) is 5.10 Å². The molecule has 194 valence electrons. The smallest absolute Gasteiger partial charge is 0.270 e. The second-order valence-corrected chi connectivity index (χ2v) is 9.55. The summed E-state index contributed by atoms with van der Waals surface area (Å²) in [6.45, 7) is 4.00. The maximum absolute atomic E-state index is 13.9. The van der Waals surface area contributed by atoms with E-state index >= 15 is 0 Å². The molecule has 0 aliphatic carbocycles. The average molecular weight is 517 g/mol. The van der Waals surface area contributed by atoms with Gasteiger partial charge in [0.1, 0.15) is 5.69 Å². The van der Waals surface area contributed by atoms with Gasteiger partial charge in [-0.2, -0.15) is 5.10 Å². The molecule has 0 saturated carbocycles. The van der Waals surface area contributed by atoms with Crippen molar-refractivity contribution >= 4 is 11.6 Å². The Morgan fingerprint density at radius 3 is 2.21 bits per heavy atom. The molecule has 1 aromatic heterocycles. The number of hydrogen-bond acceptors (Lipinski definition) is 4. The Hall–Kier alpha value is -5.04. The summed E-state index contributed by atoms with van der Waals surface area (Å²) >= 11 is 0. The van der Waals surface area contributed by atoms with Crippen molar-refractivity contribution in [3.05, 3.63) is 147 Å². The molecule has 1 atom stereocenters. The summed E-state index contributed by atoms with van der Waals surface area (Å²) in [7, 11) is 0. The van der Waals surface area contributed by atoms with Crippen molar-refractivity contribution in [3.63, 3.8) is 0 Å². The number of nitrogens with zero attached hydrogens (tertiary/aromatic N) is 3. The van der Waals surface area contributed by atoms with Gasteiger partial charge in [0.2, 0.25) is 0 Å². The number of aryl methyl sites for hydroxylation is 2. The van der Waals surface area contributed by atoms with Gasteiger partial charge in [-0.15, -0.1) is 0 Å². The summed E-state index contributed by atoms with van der Waals surface area (Å²) in [6.07, 6.45) is 0.628. The number of rotatable bonds is 8. The fraction of sp³-hybridized carbons (Fsp3) is 0.125. The van der Waals surface area contributed by atoms with Gasteiger partial charge in [-0.05, 0) is 61.2 Å². The summed E-state index contributed by atoms with van der Waals surface area (Å²) in [5, 5.41) is 19.2. The lowest BCUT2D eigenvalue weighted by Gasteiger charge is -2.20. The standard InChI is InChI=1S/C32H28N4O3/c1-22-13-18-30(23(2)19-22)35-31(21-29(34-35)26-14-16-27(17-15-26)36(38)39)32(37)33-28(25-11-7-4-8-12-25)20-24-9-5-3-6-10-24/h3-19,21,28H,20H2,1-2H3,(H,33,37). The van der Waals surface area contributed by atoms with Crippen LogP contribution in [0.25, 0.3) is 16.9 Å². The van der Waals surface area contributed by atoms with Gasteiger partial charge in [-0.25, -0.2) is 4.68 Å². The van der Waals surface area contributed by atoms with E-state index in [9.17, 15) is 14.9 Å². The Kier molecular flexibility index (Phi) is 7.32. The van der Waals surface area contributed by atoms with Gasteiger partial charge in [0.15, 0.2) is 0 Å². The summed E-state index contributed by atoms with van der Waals surface area (Å²) in [5.41, 5.74) is 6.60. The zero-order chi connectivity index (χ0) is 27.4. The van der Waals surface area contributed by atoms with E-state index in [-0.39, 0.29) is 17.6 Å². The topological polar surface area (TPSA) is 90.1 Å². The van der Waals surface area contributed by atoms with Crippen LogP contribution in [0.3, 0.4) is 0 Å². The van der Waals surface area contributed by atoms with Crippen molar-refractivity contribution in [3.8, 4) is 16.9 Å². The first-order chi connectivity index (χ1) is 18.9. The molecule has 5 aromatic rings. The summed E-state index contributed by atoms with van der Waals surface area (Å²) in [6, 6.07) is 33.6. The molecule has 0 saturated heterocycles. The van der Waals surface area contributed by atoms with E-state index in [1.165, 1.54) is 12.1 Å². The number of non-ortho nitro benzene ring substituents is 1. The lowest BCUT2D eigenvalue weighted by atomic mass is 9.98. The predicted molar refractivity (Wildman–Crippen MR) is 152 cm³/mol.